The number of aromatic nitrogens is 4. The molecule has 2 aromatic carbocycles. The molecule has 0 aliphatic heterocycles. The molecule has 7 nitrogen and oxygen atoms in total. The Hall–Kier alpha value is -3.74. The number of rotatable bonds is 5. The van der Waals surface area contributed by atoms with E-state index in [4.69, 9.17) is 5.73 Å². The molecule has 0 saturated heterocycles. The first-order valence-electron chi connectivity index (χ1n) is 8.53. The smallest absolute Gasteiger partial charge is 0.273 e. The molecule has 1 amide bonds. The molecular formula is C20H18N6O. The Labute approximate surface area is 155 Å². The molecule has 4 aromatic rings. The number of nitrogens with two attached hydrogens (primary N) is 1. The molecular weight excluding hydrogens is 340 g/mol. The van der Waals surface area contributed by atoms with Crippen LogP contribution in [-0.2, 0) is 13.1 Å². The van der Waals surface area contributed by atoms with Gasteiger partial charge in [-0.3, -0.25) is 4.79 Å². The summed E-state index contributed by atoms with van der Waals surface area (Å²) in [4.78, 5) is 24.4. The highest BCUT2D eigenvalue weighted by atomic mass is 16.1. The van der Waals surface area contributed by atoms with E-state index in [1.807, 2.05) is 48.8 Å². The summed E-state index contributed by atoms with van der Waals surface area (Å²) in [6.07, 6.45) is 4.75. The Morgan fingerprint density at radius 3 is 2.52 bits per heavy atom. The first kappa shape index (κ1) is 16.7. The summed E-state index contributed by atoms with van der Waals surface area (Å²) in [7, 11) is 0. The maximum absolute atomic E-state index is 12.1. The number of carbonyl (C=O) groups excluding carboxylic acids is 1. The van der Waals surface area contributed by atoms with Gasteiger partial charge in [0.15, 0.2) is 11.5 Å². The van der Waals surface area contributed by atoms with Crippen molar-refractivity contribution in [2.24, 2.45) is 0 Å². The first-order chi connectivity index (χ1) is 13.2. The van der Waals surface area contributed by atoms with Gasteiger partial charge >= 0.3 is 0 Å². The number of hydrogen-bond acceptors (Lipinski definition) is 5. The quantitative estimate of drug-likeness (QED) is 0.571. The van der Waals surface area contributed by atoms with Crippen molar-refractivity contribution in [3.8, 4) is 0 Å². The van der Waals surface area contributed by atoms with Crippen LogP contribution in [0.1, 0.15) is 21.6 Å². The Kier molecular flexibility index (Phi) is 4.49. The van der Waals surface area contributed by atoms with Gasteiger partial charge in [0, 0.05) is 25.5 Å². The fraction of sp³-hybridized carbons (Fsp3) is 0.100. The van der Waals surface area contributed by atoms with Gasteiger partial charge in [0.2, 0.25) is 0 Å². The molecule has 7 heteroatoms. The Bertz CT molecular complexity index is 1090. The van der Waals surface area contributed by atoms with E-state index in [0.29, 0.717) is 6.54 Å². The molecule has 0 fully saturated rings. The summed E-state index contributed by atoms with van der Waals surface area (Å²) in [6.45, 7) is 1.13. The number of fused-ring (bicyclic) bond motifs is 1. The molecule has 0 spiro atoms. The van der Waals surface area contributed by atoms with Gasteiger partial charge in [0.25, 0.3) is 5.91 Å². The third-order valence-electron chi connectivity index (χ3n) is 4.30. The maximum Gasteiger partial charge on any atom is 0.273 e. The highest BCUT2D eigenvalue weighted by molar-refractivity contribution is 5.96. The number of hydrogen-bond donors (Lipinski definition) is 2. The molecule has 3 N–H and O–H groups in total. The van der Waals surface area contributed by atoms with Gasteiger partial charge < -0.3 is 15.6 Å². The molecule has 0 unspecified atom stereocenters. The Morgan fingerprint density at radius 1 is 0.963 bits per heavy atom. The average molecular weight is 358 g/mol. The van der Waals surface area contributed by atoms with E-state index in [2.05, 4.69) is 30.9 Å². The lowest BCUT2D eigenvalue weighted by molar-refractivity contribution is 0.0946. The highest BCUT2D eigenvalue weighted by Gasteiger charge is 2.11. The molecule has 134 valence electrons. The Morgan fingerprint density at radius 2 is 1.70 bits per heavy atom. The van der Waals surface area contributed by atoms with Crippen molar-refractivity contribution in [1.82, 2.24) is 24.8 Å². The lowest BCUT2D eigenvalue weighted by Crippen LogP contribution is -2.25. The van der Waals surface area contributed by atoms with Crippen LogP contribution in [0.15, 0.2) is 67.3 Å². The number of para-hydroxylation sites is 2. The molecule has 0 bridgehead atoms. The zero-order chi connectivity index (χ0) is 18.6. The van der Waals surface area contributed by atoms with Gasteiger partial charge in [-0.1, -0.05) is 36.4 Å². The number of anilines is 1. The van der Waals surface area contributed by atoms with Crippen LogP contribution in [0.2, 0.25) is 0 Å². The molecule has 0 saturated carbocycles. The minimum Gasteiger partial charge on any atom is -0.382 e. The van der Waals surface area contributed by atoms with Crippen molar-refractivity contribution in [1.29, 1.82) is 0 Å². The van der Waals surface area contributed by atoms with Crippen molar-refractivity contribution in [3.05, 3.63) is 84.1 Å². The molecule has 0 radical (unpaired) electrons. The second kappa shape index (κ2) is 7.25. The van der Waals surface area contributed by atoms with Crippen LogP contribution < -0.4 is 11.1 Å². The summed E-state index contributed by atoms with van der Waals surface area (Å²) < 4.78 is 2.11. The standard InChI is InChI=1S/C20H18N6O/c21-19-18(22-9-10-23-19)20(27)24-11-14-5-7-15(8-6-14)12-26-13-25-16-3-1-2-4-17(16)26/h1-10,13H,11-12H2,(H2,21,23)(H,24,27). The van der Waals surface area contributed by atoms with Crippen molar-refractivity contribution in [3.63, 3.8) is 0 Å². The van der Waals surface area contributed by atoms with Crippen LogP contribution in [0.3, 0.4) is 0 Å². The lowest BCUT2D eigenvalue weighted by Gasteiger charge is -2.08. The average Bonchev–Trinajstić information content (AvgIpc) is 3.10. The SMILES string of the molecule is Nc1nccnc1C(=O)NCc1ccc(Cn2cnc3ccccc32)cc1. The van der Waals surface area contributed by atoms with Crippen molar-refractivity contribution < 1.29 is 4.79 Å². The van der Waals surface area contributed by atoms with Gasteiger partial charge in [-0.05, 0) is 23.3 Å². The first-order valence-corrected chi connectivity index (χ1v) is 8.53. The lowest BCUT2D eigenvalue weighted by atomic mass is 10.1. The number of benzene rings is 2. The number of nitrogen functional groups attached to an aromatic ring is 1. The highest BCUT2D eigenvalue weighted by Crippen LogP contribution is 2.14. The van der Waals surface area contributed by atoms with E-state index in [0.717, 1.165) is 28.7 Å². The zero-order valence-electron chi connectivity index (χ0n) is 14.5. The Balaban J connectivity index is 1.40. The second-order valence-electron chi connectivity index (χ2n) is 6.15. The van der Waals surface area contributed by atoms with Gasteiger partial charge in [-0.2, -0.15) is 0 Å². The fourth-order valence-corrected chi connectivity index (χ4v) is 2.89. The van der Waals surface area contributed by atoms with Gasteiger partial charge in [-0.15, -0.1) is 0 Å². The van der Waals surface area contributed by atoms with Crippen molar-refractivity contribution >= 4 is 22.8 Å². The van der Waals surface area contributed by atoms with Crippen LogP contribution >= 0.6 is 0 Å². The summed E-state index contributed by atoms with van der Waals surface area (Å²) in [5.41, 5.74) is 10.1. The number of amides is 1. The third kappa shape index (κ3) is 3.62. The van der Waals surface area contributed by atoms with Crippen molar-refractivity contribution in [2.75, 3.05) is 5.73 Å². The minimum atomic E-state index is -0.338. The molecule has 2 heterocycles. The summed E-state index contributed by atoms with van der Waals surface area (Å²) in [5, 5.41) is 2.81. The van der Waals surface area contributed by atoms with E-state index in [9.17, 15) is 4.79 Å². The molecule has 4 rings (SSSR count). The number of nitrogens with zero attached hydrogens (tertiary/aromatic N) is 4. The van der Waals surface area contributed by atoms with Crippen LogP contribution in [0.5, 0.6) is 0 Å². The predicted molar refractivity (Wildman–Crippen MR) is 103 cm³/mol. The van der Waals surface area contributed by atoms with Gasteiger partial charge in [-0.25, -0.2) is 15.0 Å². The summed E-state index contributed by atoms with van der Waals surface area (Å²) in [6, 6.07) is 16.1. The fourth-order valence-electron chi connectivity index (χ4n) is 2.89. The molecule has 0 atom stereocenters. The number of nitrogens with one attached hydrogen (secondary N) is 1. The zero-order valence-corrected chi connectivity index (χ0v) is 14.5. The number of imidazole rings is 1. The van der Waals surface area contributed by atoms with E-state index in [-0.39, 0.29) is 17.4 Å². The minimum absolute atomic E-state index is 0.123. The van der Waals surface area contributed by atoms with Crippen LogP contribution in [0.4, 0.5) is 5.82 Å². The van der Waals surface area contributed by atoms with E-state index >= 15 is 0 Å². The third-order valence-corrected chi connectivity index (χ3v) is 4.30. The normalized spacial score (nSPS) is 10.8. The predicted octanol–water partition coefficient (Wildman–Crippen LogP) is 2.39. The van der Waals surface area contributed by atoms with Gasteiger partial charge in [0.05, 0.1) is 17.4 Å². The van der Waals surface area contributed by atoms with Crippen LogP contribution in [-0.4, -0.2) is 25.4 Å². The van der Waals surface area contributed by atoms with E-state index in [1.165, 1.54) is 12.4 Å². The topological polar surface area (TPSA) is 98.7 Å². The summed E-state index contributed by atoms with van der Waals surface area (Å²) in [5.74, 6) is -0.215. The van der Waals surface area contributed by atoms with E-state index < -0.39 is 0 Å². The van der Waals surface area contributed by atoms with Crippen LogP contribution in [0, 0.1) is 0 Å². The monoisotopic (exact) mass is 358 g/mol. The van der Waals surface area contributed by atoms with E-state index in [1.54, 1.807) is 0 Å². The largest absolute Gasteiger partial charge is 0.382 e. The molecule has 0 aliphatic carbocycles. The van der Waals surface area contributed by atoms with Crippen molar-refractivity contribution in [2.45, 2.75) is 13.1 Å². The maximum atomic E-state index is 12.1. The number of carbonyl (C=O) groups is 1. The van der Waals surface area contributed by atoms with Gasteiger partial charge in [0.1, 0.15) is 0 Å². The summed E-state index contributed by atoms with van der Waals surface area (Å²) >= 11 is 0. The molecule has 0 aliphatic rings. The molecule has 27 heavy (non-hydrogen) atoms. The second-order valence-corrected chi connectivity index (χ2v) is 6.15. The van der Waals surface area contributed by atoms with Crippen LogP contribution in [0.25, 0.3) is 11.0 Å². The molecule has 2 aromatic heterocycles.